The predicted molar refractivity (Wildman–Crippen MR) is 83.9 cm³/mol. The summed E-state index contributed by atoms with van der Waals surface area (Å²) in [5.74, 6) is 0.606. The van der Waals surface area contributed by atoms with Crippen LogP contribution in [-0.2, 0) is 13.0 Å². The average molecular weight is 276 g/mol. The van der Waals surface area contributed by atoms with E-state index >= 15 is 0 Å². The molecule has 0 aliphatic carbocycles. The van der Waals surface area contributed by atoms with Crippen LogP contribution in [0.5, 0.6) is 0 Å². The number of hydrogen-bond acceptors (Lipinski definition) is 2. The molecule has 2 aromatic rings. The number of nitrogens with zero attached hydrogens (tertiary/aromatic N) is 1. The number of aromatic nitrogens is 1. The van der Waals surface area contributed by atoms with Crippen LogP contribution < -0.4 is 5.32 Å². The van der Waals surface area contributed by atoms with Gasteiger partial charge in [0.05, 0.1) is 6.54 Å². The Hall–Kier alpha value is -1.06. The quantitative estimate of drug-likeness (QED) is 0.841. The first-order chi connectivity index (χ1) is 9.13. The lowest BCUT2D eigenvalue weighted by atomic mass is 9.99. The van der Waals surface area contributed by atoms with Crippen LogP contribution in [-0.4, -0.2) is 11.6 Å². The minimum atomic E-state index is 0.441. The molecule has 0 fully saturated rings. The van der Waals surface area contributed by atoms with Crippen LogP contribution >= 0.6 is 11.3 Å². The van der Waals surface area contributed by atoms with E-state index in [-0.39, 0.29) is 0 Å². The number of nitrogens with one attached hydrogen (secondary N) is 1. The van der Waals surface area contributed by atoms with E-state index in [2.05, 4.69) is 61.2 Å². The molecule has 0 saturated heterocycles. The van der Waals surface area contributed by atoms with Crippen molar-refractivity contribution in [1.82, 2.24) is 9.88 Å². The zero-order valence-corrected chi connectivity index (χ0v) is 13.1. The molecular weight excluding hydrogens is 252 g/mol. The van der Waals surface area contributed by atoms with Gasteiger partial charge in [0.15, 0.2) is 0 Å². The Bertz CT molecular complexity index is 510. The molecule has 0 radical (unpaired) electrons. The van der Waals surface area contributed by atoms with Crippen LogP contribution in [0.25, 0.3) is 0 Å². The Morgan fingerprint density at radius 2 is 1.95 bits per heavy atom. The molecule has 0 spiro atoms. The van der Waals surface area contributed by atoms with Gasteiger partial charge < -0.3 is 9.88 Å². The third-order valence-electron chi connectivity index (χ3n) is 3.51. The standard InChI is InChI=1S/C16H24N2S/c1-5-14-6-7-15(19-14)11-18-9-8-13(10-18)16(17-4)12(2)3/h6-10,12,16-17H,5,11H2,1-4H3. The monoisotopic (exact) mass is 276 g/mol. The molecule has 2 aromatic heterocycles. The van der Waals surface area contributed by atoms with E-state index in [1.54, 1.807) is 0 Å². The maximum atomic E-state index is 3.40. The van der Waals surface area contributed by atoms with Crippen molar-refractivity contribution in [1.29, 1.82) is 0 Å². The first-order valence-corrected chi connectivity index (χ1v) is 7.86. The van der Waals surface area contributed by atoms with Crippen LogP contribution in [0, 0.1) is 5.92 Å². The van der Waals surface area contributed by atoms with Crippen LogP contribution in [0.2, 0.25) is 0 Å². The molecule has 0 aliphatic heterocycles. The Morgan fingerprint density at radius 3 is 2.53 bits per heavy atom. The molecule has 2 rings (SSSR count). The number of rotatable bonds is 6. The highest BCUT2D eigenvalue weighted by Crippen LogP contribution is 2.23. The molecule has 3 heteroatoms. The van der Waals surface area contributed by atoms with E-state index in [0.717, 1.165) is 13.0 Å². The van der Waals surface area contributed by atoms with Gasteiger partial charge in [-0.1, -0.05) is 20.8 Å². The highest BCUT2D eigenvalue weighted by Gasteiger charge is 2.14. The Kier molecular flexibility index (Phi) is 4.83. The predicted octanol–water partition coefficient (Wildman–Crippen LogP) is 4.08. The lowest BCUT2D eigenvalue weighted by Crippen LogP contribution is -2.21. The van der Waals surface area contributed by atoms with Gasteiger partial charge in [-0.05, 0) is 43.1 Å². The maximum absolute atomic E-state index is 3.40. The molecule has 1 unspecified atom stereocenters. The molecule has 0 amide bonds. The first-order valence-electron chi connectivity index (χ1n) is 7.04. The summed E-state index contributed by atoms with van der Waals surface area (Å²) < 4.78 is 2.29. The average Bonchev–Trinajstić information content (AvgIpc) is 3.00. The Morgan fingerprint density at radius 1 is 1.21 bits per heavy atom. The SMILES string of the molecule is CCc1ccc(Cn2ccc(C(NC)C(C)C)c2)s1. The van der Waals surface area contributed by atoms with Crippen LogP contribution in [0.4, 0.5) is 0 Å². The minimum absolute atomic E-state index is 0.441. The topological polar surface area (TPSA) is 17.0 Å². The van der Waals surface area contributed by atoms with Crippen molar-refractivity contribution >= 4 is 11.3 Å². The second kappa shape index (κ2) is 6.40. The fourth-order valence-electron chi connectivity index (χ4n) is 2.50. The summed E-state index contributed by atoms with van der Waals surface area (Å²) >= 11 is 1.92. The summed E-state index contributed by atoms with van der Waals surface area (Å²) in [5.41, 5.74) is 1.38. The molecule has 0 bridgehead atoms. The van der Waals surface area contributed by atoms with Gasteiger partial charge in [-0.25, -0.2) is 0 Å². The number of thiophene rings is 1. The maximum Gasteiger partial charge on any atom is 0.0563 e. The van der Waals surface area contributed by atoms with Crippen molar-refractivity contribution in [3.05, 3.63) is 45.9 Å². The van der Waals surface area contributed by atoms with E-state index in [9.17, 15) is 0 Å². The summed E-state index contributed by atoms with van der Waals surface area (Å²) in [5, 5.41) is 3.40. The second-order valence-corrected chi connectivity index (χ2v) is 6.60. The van der Waals surface area contributed by atoms with Crippen molar-refractivity contribution in [3.8, 4) is 0 Å². The molecule has 0 saturated carbocycles. The lowest BCUT2D eigenvalue weighted by molar-refractivity contribution is 0.443. The Balaban J connectivity index is 2.08. The summed E-state index contributed by atoms with van der Waals surface area (Å²) in [6, 6.07) is 7.17. The normalized spacial score (nSPS) is 13.1. The number of hydrogen-bond donors (Lipinski definition) is 1. The molecule has 0 aromatic carbocycles. The van der Waals surface area contributed by atoms with Crippen molar-refractivity contribution in [2.75, 3.05) is 7.05 Å². The van der Waals surface area contributed by atoms with Crippen LogP contribution in [0.1, 0.15) is 42.1 Å². The third-order valence-corrected chi connectivity index (χ3v) is 4.73. The summed E-state index contributed by atoms with van der Waals surface area (Å²) in [4.78, 5) is 2.90. The Labute approximate surface area is 120 Å². The molecule has 2 heterocycles. The zero-order chi connectivity index (χ0) is 13.8. The van der Waals surface area contributed by atoms with Gasteiger partial charge >= 0.3 is 0 Å². The van der Waals surface area contributed by atoms with E-state index in [4.69, 9.17) is 0 Å². The van der Waals surface area contributed by atoms with Gasteiger partial charge in [0.2, 0.25) is 0 Å². The summed E-state index contributed by atoms with van der Waals surface area (Å²) in [6.45, 7) is 7.71. The van der Waals surface area contributed by atoms with Gasteiger partial charge in [0.25, 0.3) is 0 Å². The molecular formula is C16H24N2S. The van der Waals surface area contributed by atoms with Crippen molar-refractivity contribution in [3.63, 3.8) is 0 Å². The summed E-state index contributed by atoms with van der Waals surface area (Å²) in [7, 11) is 2.04. The molecule has 0 aliphatic rings. The van der Waals surface area contributed by atoms with Gasteiger partial charge in [0, 0.05) is 28.2 Å². The number of aryl methyl sites for hydroxylation is 1. The lowest BCUT2D eigenvalue weighted by Gasteiger charge is -2.18. The smallest absolute Gasteiger partial charge is 0.0563 e. The van der Waals surface area contributed by atoms with Gasteiger partial charge in [-0.2, -0.15) is 0 Å². The molecule has 1 atom stereocenters. The highest BCUT2D eigenvalue weighted by atomic mass is 32.1. The second-order valence-electron chi connectivity index (χ2n) is 5.35. The third kappa shape index (κ3) is 3.48. The van der Waals surface area contributed by atoms with E-state index in [0.29, 0.717) is 12.0 Å². The van der Waals surface area contributed by atoms with Crippen LogP contribution in [0.3, 0.4) is 0 Å². The minimum Gasteiger partial charge on any atom is -0.349 e. The highest BCUT2D eigenvalue weighted by molar-refractivity contribution is 7.11. The molecule has 2 nitrogen and oxygen atoms in total. The molecule has 104 valence electrons. The first kappa shape index (κ1) is 14.4. The fraction of sp³-hybridized carbons (Fsp3) is 0.500. The molecule has 19 heavy (non-hydrogen) atoms. The summed E-state index contributed by atoms with van der Waals surface area (Å²) in [6.07, 6.45) is 5.59. The van der Waals surface area contributed by atoms with Gasteiger partial charge in [0.1, 0.15) is 0 Å². The van der Waals surface area contributed by atoms with E-state index < -0.39 is 0 Å². The largest absolute Gasteiger partial charge is 0.349 e. The van der Waals surface area contributed by atoms with Crippen molar-refractivity contribution in [2.45, 2.75) is 39.8 Å². The zero-order valence-electron chi connectivity index (χ0n) is 12.3. The van der Waals surface area contributed by atoms with Crippen LogP contribution in [0.15, 0.2) is 30.6 Å². The van der Waals surface area contributed by atoms with Gasteiger partial charge in [-0.15, -0.1) is 11.3 Å². The van der Waals surface area contributed by atoms with Crippen molar-refractivity contribution in [2.24, 2.45) is 5.92 Å². The van der Waals surface area contributed by atoms with E-state index in [1.807, 2.05) is 18.4 Å². The van der Waals surface area contributed by atoms with Gasteiger partial charge in [-0.3, -0.25) is 0 Å². The fourth-order valence-corrected chi connectivity index (χ4v) is 3.47. The van der Waals surface area contributed by atoms with Crippen molar-refractivity contribution < 1.29 is 0 Å². The molecule has 1 N–H and O–H groups in total. The van der Waals surface area contributed by atoms with E-state index in [1.165, 1.54) is 15.3 Å².